The van der Waals surface area contributed by atoms with E-state index in [2.05, 4.69) is 0 Å². The van der Waals surface area contributed by atoms with Gasteiger partial charge in [0.1, 0.15) is 6.10 Å². The maximum absolute atomic E-state index is 11.3. The number of hydrogen-bond donors (Lipinski definition) is 1. The quantitative estimate of drug-likeness (QED) is 0.376. The number of rotatable bonds is 12. The topological polar surface area (TPSA) is 91.3 Å². The van der Waals surface area contributed by atoms with E-state index < -0.39 is 0 Å². The van der Waals surface area contributed by atoms with Gasteiger partial charge in [0.25, 0.3) is 0 Å². The van der Waals surface area contributed by atoms with Crippen LogP contribution in [0.1, 0.15) is 70.8 Å². The maximum Gasteiger partial charge on any atom is 0.308 e. The van der Waals surface area contributed by atoms with E-state index in [-0.39, 0.29) is 30.3 Å². The van der Waals surface area contributed by atoms with Gasteiger partial charge in [0.15, 0.2) is 11.5 Å². The van der Waals surface area contributed by atoms with Crippen molar-refractivity contribution in [3.05, 3.63) is 23.8 Å². The first-order valence-electron chi connectivity index (χ1n) is 11.6. The van der Waals surface area contributed by atoms with Gasteiger partial charge in [-0.2, -0.15) is 0 Å². The average Bonchev–Trinajstić information content (AvgIpc) is 2.73. The zero-order chi connectivity index (χ0) is 23.5. The van der Waals surface area contributed by atoms with Crippen molar-refractivity contribution in [1.29, 1.82) is 0 Å². The molecule has 1 aliphatic carbocycles. The Kier molecular flexibility index (Phi) is 11.0. The molecule has 32 heavy (non-hydrogen) atoms. The van der Waals surface area contributed by atoms with Gasteiger partial charge in [-0.15, -0.1) is 0 Å². The molecule has 180 valence electrons. The molecule has 7 nitrogen and oxygen atoms in total. The summed E-state index contributed by atoms with van der Waals surface area (Å²) in [5.74, 6) is 0.806. The Morgan fingerprint density at radius 3 is 2.44 bits per heavy atom. The van der Waals surface area contributed by atoms with Gasteiger partial charge in [-0.25, -0.2) is 0 Å². The molecule has 0 aromatic heterocycles. The predicted molar refractivity (Wildman–Crippen MR) is 121 cm³/mol. The minimum atomic E-state index is -0.384. The standard InChI is InChI=1S/C25H38O7/c1-17(26)31-24-15-19(11-13-22(24)29-3)7-5-9-21(28)10-6-8-20-12-14-23(30-4)25(16-20)32-18(2)27/h11,13,15,20-21,23,25,28H,5-10,12,14,16H2,1-4H3. The van der Waals surface area contributed by atoms with E-state index in [1.54, 1.807) is 13.2 Å². The number of aliphatic hydroxyl groups is 1. The van der Waals surface area contributed by atoms with Crippen molar-refractivity contribution in [2.24, 2.45) is 5.92 Å². The fraction of sp³-hybridized carbons (Fsp3) is 0.680. The van der Waals surface area contributed by atoms with Crippen molar-refractivity contribution in [1.82, 2.24) is 0 Å². The third kappa shape index (κ3) is 8.79. The lowest BCUT2D eigenvalue weighted by Crippen LogP contribution is -2.38. The molecule has 1 fully saturated rings. The zero-order valence-electron chi connectivity index (χ0n) is 19.8. The molecule has 0 spiro atoms. The second-order valence-corrected chi connectivity index (χ2v) is 8.66. The summed E-state index contributed by atoms with van der Waals surface area (Å²) >= 11 is 0. The molecule has 1 aromatic carbocycles. The third-order valence-electron chi connectivity index (χ3n) is 6.09. The molecule has 7 heteroatoms. The minimum absolute atomic E-state index is 0.0138. The minimum Gasteiger partial charge on any atom is -0.493 e. The van der Waals surface area contributed by atoms with Crippen LogP contribution in [0, 0.1) is 5.92 Å². The lowest BCUT2D eigenvalue weighted by Gasteiger charge is -2.34. The second kappa shape index (κ2) is 13.4. The summed E-state index contributed by atoms with van der Waals surface area (Å²) in [6, 6.07) is 5.57. The van der Waals surface area contributed by atoms with Crippen molar-refractivity contribution >= 4 is 11.9 Å². The molecule has 1 saturated carbocycles. The first-order valence-corrected chi connectivity index (χ1v) is 11.6. The van der Waals surface area contributed by atoms with Crippen molar-refractivity contribution in [3.8, 4) is 11.5 Å². The lowest BCUT2D eigenvalue weighted by molar-refractivity contribution is -0.158. The highest BCUT2D eigenvalue weighted by Crippen LogP contribution is 2.32. The molecule has 1 aromatic rings. The van der Waals surface area contributed by atoms with E-state index in [0.717, 1.165) is 63.4 Å². The zero-order valence-corrected chi connectivity index (χ0v) is 19.8. The molecule has 0 saturated heterocycles. The first-order chi connectivity index (χ1) is 15.3. The first kappa shape index (κ1) is 26.1. The van der Waals surface area contributed by atoms with Crippen molar-refractivity contribution in [2.75, 3.05) is 14.2 Å². The van der Waals surface area contributed by atoms with Crippen LogP contribution in [0.25, 0.3) is 0 Å². The maximum atomic E-state index is 11.3. The van der Waals surface area contributed by atoms with Gasteiger partial charge in [0, 0.05) is 21.0 Å². The van der Waals surface area contributed by atoms with E-state index in [0.29, 0.717) is 17.4 Å². The number of hydrogen-bond acceptors (Lipinski definition) is 7. The Hall–Kier alpha value is -2.12. The molecule has 0 amide bonds. The van der Waals surface area contributed by atoms with Crippen molar-refractivity contribution in [3.63, 3.8) is 0 Å². The van der Waals surface area contributed by atoms with Gasteiger partial charge in [-0.05, 0) is 68.6 Å². The van der Waals surface area contributed by atoms with Gasteiger partial charge in [0.05, 0.1) is 19.3 Å². The van der Waals surface area contributed by atoms with E-state index in [9.17, 15) is 14.7 Å². The van der Waals surface area contributed by atoms with Crippen LogP contribution >= 0.6 is 0 Å². The fourth-order valence-corrected chi connectivity index (χ4v) is 4.49. The molecule has 0 aliphatic heterocycles. The number of benzene rings is 1. The van der Waals surface area contributed by atoms with Gasteiger partial charge >= 0.3 is 11.9 Å². The van der Waals surface area contributed by atoms with E-state index in [1.165, 1.54) is 21.0 Å². The Balaban J connectivity index is 1.70. The lowest BCUT2D eigenvalue weighted by atomic mass is 9.82. The summed E-state index contributed by atoms with van der Waals surface area (Å²) in [6.45, 7) is 2.80. The average molecular weight is 451 g/mol. The summed E-state index contributed by atoms with van der Waals surface area (Å²) in [5.41, 5.74) is 1.04. The van der Waals surface area contributed by atoms with Crippen LogP contribution in [0.15, 0.2) is 18.2 Å². The van der Waals surface area contributed by atoms with E-state index in [1.807, 2.05) is 12.1 Å². The number of ether oxygens (including phenoxy) is 4. The van der Waals surface area contributed by atoms with E-state index in [4.69, 9.17) is 18.9 Å². The molecule has 2 rings (SSSR count). The number of carbonyl (C=O) groups excluding carboxylic acids is 2. The van der Waals surface area contributed by atoms with Crippen molar-refractivity contribution < 1.29 is 33.6 Å². The molecule has 0 heterocycles. The smallest absolute Gasteiger partial charge is 0.308 e. The molecule has 0 radical (unpaired) electrons. The van der Waals surface area contributed by atoms with Gasteiger partial charge in [0.2, 0.25) is 0 Å². The fourth-order valence-electron chi connectivity index (χ4n) is 4.49. The number of aryl methyl sites for hydroxylation is 1. The molecule has 4 unspecified atom stereocenters. The Morgan fingerprint density at radius 2 is 1.78 bits per heavy atom. The highest BCUT2D eigenvalue weighted by molar-refractivity contribution is 5.70. The molecular weight excluding hydrogens is 412 g/mol. The second-order valence-electron chi connectivity index (χ2n) is 8.66. The van der Waals surface area contributed by atoms with Crippen LogP contribution in [-0.2, 0) is 25.5 Å². The normalized spacial score (nSPS) is 21.6. The third-order valence-corrected chi connectivity index (χ3v) is 6.09. The van der Waals surface area contributed by atoms with Gasteiger partial charge < -0.3 is 24.1 Å². The van der Waals surface area contributed by atoms with E-state index >= 15 is 0 Å². The number of aliphatic hydroxyl groups excluding tert-OH is 1. The van der Waals surface area contributed by atoms with Crippen LogP contribution in [0.2, 0.25) is 0 Å². The largest absolute Gasteiger partial charge is 0.493 e. The molecule has 1 aliphatic rings. The van der Waals surface area contributed by atoms with Gasteiger partial charge in [-0.3, -0.25) is 9.59 Å². The summed E-state index contributed by atoms with van der Waals surface area (Å²) < 4.78 is 21.3. The molecule has 0 bridgehead atoms. The SMILES string of the molecule is COc1ccc(CCCC(O)CCCC2CCC(OC)C(OC(C)=O)C2)cc1OC(C)=O. The van der Waals surface area contributed by atoms with Crippen LogP contribution in [-0.4, -0.2) is 49.6 Å². The van der Waals surface area contributed by atoms with Crippen LogP contribution < -0.4 is 9.47 Å². The summed E-state index contributed by atoms with van der Waals surface area (Å²) in [5, 5.41) is 10.4. The summed E-state index contributed by atoms with van der Waals surface area (Å²) in [7, 11) is 3.21. The highest BCUT2D eigenvalue weighted by Gasteiger charge is 2.32. The number of carbonyl (C=O) groups is 2. The number of esters is 2. The molecular formula is C25H38O7. The summed E-state index contributed by atoms with van der Waals surface area (Å²) in [4.78, 5) is 22.6. The summed E-state index contributed by atoms with van der Waals surface area (Å²) in [6.07, 6.45) is 7.39. The Bertz CT molecular complexity index is 733. The molecule has 4 atom stereocenters. The number of methoxy groups -OCH3 is 2. The van der Waals surface area contributed by atoms with Crippen LogP contribution in [0.3, 0.4) is 0 Å². The Morgan fingerprint density at radius 1 is 1.03 bits per heavy atom. The molecule has 1 N–H and O–H groups in total. The van der Waals surface area contributed by atoms with Gasteiger partial charge in [-0.1, -0.05) is 18.9 Å². The Labute approximate surface area is 191 Å². The van der Waals surface area contributed by atoms with Crippen LogP contribution in [0.5, 0.6) is 11.5 Å². The monoisotopic (exact) mass is 450 g/mol. The van der Waals surface area contributed by atoms with Crippen LogP contribution in [0.4, 0.5) is 0 Å². The predicted octanol–water partition coefficient (Wildman–Crippen LogP) is 4.22. The highest BCUT2D eigenvalue weighted by atomic mass is 16.6. The van der Waals surface area contributed by atoms with Crippen molar-refractivity contribution in [2.45, 2.75) is 89.9 Å².